The lowest BCUT2D eigenvalue weighted by Gasteiger charge is -2.32. The minimum absolute atomic E-state index is 0.0634. The Morgan fingerprint density at radius 1 is 0.900 bits per heavy atom. The van der Waals surface area contributed by atoms with Crippen molar-refractivity contribution in [1.82, 2.24) is 0 Å². The number of anilines is 1. The first kappa shape index (κ1) is 27.1. The number of carbonyl (C=O) groups excluding carboxylic acids is 1. The Labute approximate surface area is 232 Å². The summed E-state index contributed by atoms with van der Waals surface area (Å²) >= 11 is 0. The van der Waals surface area contributed by atoms with Crippen LogP contribution in [0.3, 0.4) is 0 Å². The van der Waals surface area contributed by atoms with Crippen molar-refractivity contribution in [3.8, 4) is 0 Å². The van der Waals surface area contributed by atoms with Gasteiger partial charge in [-0.25, -0.2) is 0 Å². The monoisotopic (exact) mass is 540 g/mol. The summed E-state index contributed by atoms with van der Waals surface area (Å²) < 4.78 is 1.89. The predicted molar refractivity (Wildman–Crippen MR) is 149 cm³/mol. The number of hydrogen-bond donors (Lipinski definition) is 2. The van der Waals surface area contributed by atoms with Crippen LogP contribution in [0.4, 0.5) is 11.4 Å². The number of rotatable bonds is 8. The van der Waals surface area contributed by atoms with Crippen molar-refractivity contribution < 1.29 is 34.3 Å². The van der Waals surface area contributed by atoms with E-state index in [4.69, 9.17) is 0 Å². The zero-order valence-electron chi connectivity index (χ0n) is 23.0. The first-order valence-electron chi connectivity index (χ1n) is 13.3. The molecule has 206 valence electrons. The zero-order valence-corrected chi connectivity index (χ0v) is 23.0. The lowest BCUT2D eigenvalue weighted by atomic mass is 9.77. The van der Waals surface area contributed by atoms with E-state index in [1.807, 2.05) is 85.7 Å². The van der Waals surface area contributed by atoms with Crippen molar-refractivity contribution in [2.75, 3.05) is 18.0 Å². The van der Waals surface area contributed by atoms with E-state index in [2.05, 4.69) is 0 Å². The van der Waals surface area contributed by atoms with Gasteiger partial charge in [-0.3, -0.25) is 14.4 Å². The maximum atomic E-state index is 13.5. The SMILES string of the molecule is CC1(C)C(/C=C2\C(=O)C(/C=C3/N(CCC(=O)O)c4ccccc4C3(C)C)=C2[O-])=[N+](CCC(=O)O)c2ccccc21. The normalized spacial score (nSPS) is 20.7. The molecule has 0 aromatic heterocycles. The average molecular weight is 541 g/mol. The molecule has 40 heavy (non-hydrogen) atoms. The third-order valence-corrected chi connectivity index (χ3v) is 8.24. The van der Waals surface area contributed by atoms with Crippen LogP contribution >= 0.6 is 0 Å². The first-order valence-corrected chi connectivity index (χ1v) is 13.3. The second kappa shape index (κ2) is 9.62. The Balaban J connectivity index is 1.57. The van der Waals surface area contributed by atoms with Crippen LogP contribution in [0.1, 0.15) is 51.7 Å². The number of para-hydroxylation sites is 2. The van der Waals surface area contributed by atoms with Crippen molar-refractivity contribution in [3.63, 3.8) is 0 Å². The summed E-state index contributed by atoms with van der Waals surface area (Å²) in [5.41, 5.74) is 4.18. The Morgan fingerprint density at radius 2 is 1.52 bits per heavy atom. The molecule has 0 saturated heterocycles. The topological polar surface area (TPSA) is 121 Å². The molecule has 2 aliphatic heterocycles. The number of carboxylic acids is 2. The number of fused-ring (bicyclic) bond motifs is 2. The van der Waals surface area contributed by atoms with Gasteiger partial charge in [0.25, 0.3) is 0 Å². The summed E-state index contributed by atoms with van der Waals surface area (Å²) in [6.45, 7) is 8.41. The van der Waals surface area contributed by atoms with Crippen molar-refractivity contribution in [2.45, 2.75) is 51.4 Å². The van der Waals surface area contributed by atoms with E-state index in [0.717, 1.165) is 22.5 Å². The molecule has 0 unspecified atom stereocenters. The second-order valence-corrected chi connectivity index (χ2v) is 11.4. The van der Waals surface area contributed by atoms with Gasteiger partial charge in [-0.1, -0.05) is 56.0 Å². The van der Waals surface area contributed by atoms with Gasteiger partial charge in [-0.2, -0.15) is 4.58 Å². The Bertz CT molecular complexity index is 1590. The van der Waals surface area contributed by atoms with E-state index in [9.17, 15) is 29.7 Å². The minimum atomic E-state index is -0.931. The van der Waals surface area contributed by atoms with Gasteiger partial charge in [-0.05, 0) is 31.6 Å². The zero-order chi connectivity index (χ0) is 29.0. The van der Waals surface area contributed by atoms with E-state index in [0.29, 0.717) is 11.4 Å². The molecule has 2 aromatic rings. The van der Waals surface area contributed by atoms with Crippen LogP contribution in [0.15, 0.2) is 83.3 Å². The maximum absolute atomic E-state index is 13.5. The summed E-state index contributed by atoms with van der Waals surface area (Å²) in [7, 11) is 0. The van der Waals surface area contributed by atoms with Crippen LogP contribution in [0, 0.1) is 0 Å². The molecular formula is C32H32N2O6. The Hall–Kier alpha value is -4.46. The molecule has 1 aliphatic carbocycles. The molecule has 0 saturated carbocycles. The second-order valence-electron chi connectivity index (χ2n) is 11.4. The molecule has 2 heterocycles. The van der Waals surface area contributed by atoms with Crippen LogP contribution < -0.4 is 10.0 Å². The lowest BCUT2D eigenvalue weighted by Crippen LogP contribution is -2.35. The number of hydrogen-bond acceptors (Lipinski definition) is 5. The van der Waals surface area contributed by atoms with E-state index in [1.165, 1.54) is 0 Å². The number of carboxylic acid groups (broad SMARTS) is 2. The third kappa shape index (κ3) is 4.24. The number of ketones is 1. The molecule has 0 spiro atoms. The van der Waals surface area contributed by atoms with Crippen molar-refractivity contribution in [1.29, 1.82) is 0 Å². The Kier molecular flexibility index (Phi) is 6.53. The fourth-order valence-electron chi connectivity index (χ4n) is 6.07. The quantitative estimate of drug-likeness (QED) is 0.386. The standard InChI is InChI=1S/C32H32N2O6/c1-31(2)21-9-5-7-11-23(21)33(15-13-27(35)36)25(31)17-19-29(39)20(30(19)40)18-26-32(3,4)22-10-6-8-12-24(22)34(26)16-14-28(37)38/h5-12,17-18H,13-16H2,1-4H3,(H2-,35,36,37,38,39,40). The van der Waals surface area contributed by atoms with Crippen LogP contribution in [-0.2, 0) is 25.2 Å². The van der Waals surface area contributed by atoms with E-state index < -0.39 is 22.8 Å². The molecule has 3 aliphatic rings. The third-order valence-electron chi connectivity index (χ3n) is 8.24. The average Bonchev–Trinajstić information content (AvgIpc) is 3.26. The number of Topliss-reactive ketones (excluding diaryl/α,β-unsaturated/α-hetero) is 1. The highest BCUT2D eigenvalue weighted by Gasteiger charge is 2.46. The van der Waals surface area contributed by atoms with Crippen molar-refractivity contribution >= 4 is 34.8 Å². The molecular weight excluding hydrogens is 508 g/mol. The molecule has 2 aromatic carbocycles. The number of nitrogens with zero attached hydrogens (tertiary/aromatic N) is 2. The number of benzene rings is 2. The van der Waals surface area contributed by atoms with Crippen LogP contribution in [-0.4, -0.2) is 51.3 Å². The van der Waals surface area contributed by atoms with Gasteiger partial charge in [0.2, 0.25) is 5.69 Å². The van der Waals surface area contributed by atoms with Gasteiger partial charge in [0.05, 0.1) is 11.8 Å². The molecule has 0 fully saturated rings. The molecule has 0 bridgehead atoms. The molecule has 2 N–H and O–H groups in total. The summed E-state index contributed by atoms with van der Waals surface area (Å²) in [6.07, 6.45) is 3.05. The molecule has 0 amide bonds. The smallest absolute Gasteiger partial charge is 0.309 e. The fraction of sp³-hybridized carbons (Fsp3) is 0.312. The molecule has 0 radical (unpaired) electrons. The van der Waals surface area contributed by atoms with Crippen LogP contribution in [0.5, 0.6) is 0 Å². The molecule has 8 nitrogen and oxygen atoms in total. The van der Waals surface area contributed by atoms with Crippen LogP contribution in [0.25, 0.3) is 0 Å². The summed E-state index contributed by atoms with van der Waals surface area (Å²) in [5.74, 6) is -2.61. The van der Waals surface area contributed by atoms with E-state index in [1.54, 1.807) is 12.2 Å². The Morgan fingerprint density at radius 3 is 2.17 bits per heavy atom. The first-order chi connectivity index (χ1) is 18.9. The number of aliphatic carboxylic acids is 2. The largest absolute Gasteiger partial charge is 0.871 e. The maximum Gasteiger partial charge on any atom is 0.309 e. The van der Waals surface area contributed by atoms with Crippen molar-refractivity contribution in [2.24, 2.45) is 0 Å². The molecule has 0 atom stereocenters. The van der Waals surface area contributed by atoms with Crippen LogP contribution in [0.2, 0.25) is 0 Å². The van der Waals surface area contributed by atoms with Gasteiger partial charge in [0.15, 0.2) is 18.0 Å². The fourth-order valence-corrected chi connectivity index (χ4v) is 6.07. The van der Waals surface area contributed by atoms with Gasteiger partial charge >= 0.3 is 11.9 Å². The lowest BCUT2D eigenvalue weighted by molar-refractivity contribution is -0.436. The number of allylic oxidation sites excluding steroid dienone is 5. The highest BCUT2D eigenvalue weighted by molar-refractivity contribution is 6.24. The predicted octanol–water partition coefficient (Wildman–Crippen LogP) is 3.82. The van der Waals surface area contributed by atoms with Gasteiger partial charge in [-0.15, -0.1) is 0 Å². The van der Waals surface area contributed by atoms with Crippen molar-refractivity contribution in [3.05, 3.63) is 94.4 Å². The highest BCUT2D eigenvalue weighted by atomic mass is 16.4. The van der Waals surface area contributed by atoms with Gasteiger partial charge in [0, 0.05) is 52.2 Å². The summed E-state index contributed by atoms with van der Waals surface area (Å²) in [6, 6.07) is 15.4. The summed E-state index contributed by atoms with van der Waals surface area (Å²) in [4.78, 5) is 38.1. The molecule has 8 heteroatoms. The molecule has 5 rings (SSSR count). The van der Waals surface area contributed by atoms with Gasteiger partial charge in [0.1, 0.15) is 6.42 Å². The van der Waals surface area contributed by atoms with E-state index >= 15 is 0 Å². The number of carbonyl (C=O) groups is 3. The van der Waals surface area contributed by atoms with Gasteiger partial charge < -0.3 is 20.2 Å². The minimum Gasteiger partial charge on any atom is -0.871 e. The highest BCUT2D eigenvalue weighted by Crippen LogP contribution is 2.49. The summed E-state index contributed by atoms with van der Waals surface area (Å²) in [5, 5.41) is 32.1. The van der Waals surface area contributed by atoms with E-state index in [-0.39, 0.29) is 48.6 Å².